The number of hydrogen-bond acceptors (Lipinski definition) is 8. The minimum absolute atomic E-state index is 0.0613. The molecule has 20 heavy (non-hydrogen) atoms. The van der Waals surface area contributed by atoms with Gasteiger partial charge in [0.15, 0.2) is 11.6 Å². The molecule has 2 aromatic rings. The van der Waals surface area contributed by atoms with Gasteiger partial charge in [-0.1, -0.05) is 12.1 Å². The van der Waals surface area contributed by atoms with Crippen molar-refractivity contribution in [3.8, 4) is 0 Å². The average Bonchev–Trinajstić information content (AvgIpc) is 2.99. The van der Waals surface area contributed by atoms with Crippen molar-refractivity contribution in [1.82, 2.24) is 10.1 Å². The zero-order valence-corrected chi connectivity index (χ0v) is 13.2. The van der Waals surface area contributed by atoms with Crippen LogP contribution >= 0.6 is 23.1 Å². The van der Waals surface area contributed by atoms with Gasteiger partial charge in [0.25, 0.3) is 0 Å². The van der Waals surface area contributed by atoms with Crippen LogP contribution in [0.4, 0.5) is 10.7 Å². The number of thioether (sulfide) groups is 1. The lowest BCUT2D eigenvalue weighted by Gasteiger charge is -2.03. The van der Waals surface area contributed by atoms with E-state index in [0.29, 0.717) is 35.2 Å². The highest BCUT2D eigenvalue weighted by molar-refractivity contribution is 7.99. The summed E-state index contributed by atoms with van der Waals surface area (Å²) in [4.78, 5) is 17.5. The molecule has 0 unspecified atom stereocenters. The van der Waals surface area contributed by atoms with Gasteiger partial charge in [-0.3, -0.25) is 4.79 Å². The number of nitrogens with two attached hydrogens (primary N) is 1. The van der Waals surface area contributed by atoms with Gasteiger partial charge in [0.2, 0.25) is 5.89 Å². The molecule has 0 aliphatic carbocycles. The molecule has 0 saturated heterocycles. The maximum absolute atomic E-state index is 11.8. The fraction of sp³-hybridized carbons (Fsp3) is 0.417. The molecule has 8 heteroatoms. The third kappa shape index (κ3) is 2.96. The standard InChI is InChI=1S/C12H16N4O2S2/c1-4-7(17)10-9(13)11(19-3)12(20-10)14-5-8-15-6(2)18-16-8/h14H,4-5,13H2,1-3H3. The van der Waals surface area contributed by atoms with E-state index in [1.165, 1.54) is 23.1 Å². The molecule has 108 valence electrons. The van der Waals surface area contributed by atoms with Crippen molar-refractivity contribution in [2.75, 3.05) is 17.3 Å². The molecule has 0 spiro atoms. The van der Waals surface area contributed by atoms with Crippen molar-refractivity contribution in [2.24, 2.45) is 0 Å². The zero-order chi connectivity index (χ0) is 14.7. The molecule has 3 N–H and O–H groups in total. The van der Waals surface area contributed by atoms with Gasteiger partial charge >= 0.3 is 0 Å². The number of nitrogens with one attached hydrogen (secondary N) is 1. The Morgan fingerprint density at radius 3 is 2.85 bits per heavy atom. The number of nitrogen functional groups attached to an aromatic ring is 1. The summed E-state index contributed by atoms with van der Waals surface area (Å²) in [6.45, 7) is 4.00. The number of carbonyl (C=O) groups is 1. The second kappa shape index (κ2) is 6.27. The van der Waals surface area contributed by atoms with Crippen LogP contribution < -0.4 is 11.1 Å². The van der Waals surface area contributed by atoms with Gasteiger partial charge in [-0.05, 0) is 6.26 Å². The number of hydrogen-bond donors (Lipinski definition) is 2. The Morgan fingerprint density at radius 2 is 2.30 bits per heavy atom. The van der Waals surface area contributed by atoms with E-state index in [1.807, 2.05) is 13.2 Å². The molecular weight excluding hydrogens is 296 g/mol. The SMILES string of the molecule is CCC(=O)c1sc(NCc2noc(C)n2)c(SC)c1N. The van der Waals surface area contributed by atoms with Crippen LogP contribution in [0.2, 0.25) is 0 Å². The largest absolute Gasteiger partial charge is 0.396 e. The number of carbonyl (C=O) groups excluding carboxylic acids is 1. The quantitative estimate of drug-likeness (QED) is 0.625. The summed E-state index contributed by atoms with van der Waals surface area (Å²) < 4.78 is 4.91. The zero-order valence-electron chi connectivity index (χ0n) is 11.5. The van der Waals surface area contributed by atoms with Crippen molar-refractivity contribution < 1.29 is 9.32 Å². The number of anilines is 2. The summed E-state index contributed by atoms with van der Waals surface area (Å²) in [5.74, 6) is 1.16. The summed E-state index contributed by atoms with van der Waals surface area (Å²) in [6, 6.07) is 0. The van der Waals surface area contributed by atoms with Gasteiger partial charge in [0, 0.05) is 13.3 Å². The first kappa shape index (κ1) is 14.9. The molecule has 0 aliphatic rings. The molecule has 0 fully saturated rings. The van der Waals surface area contributed by atoms with E-state index < -0.39 is 0 Å². The molecule has 0 aromatic carbocycles. The van der Waals surface area contributed by atoms with Crippen molar-refractivity contribution >= 4 is 39.6 Å². The Labute approximate surface area is 125 Å². The van der Waals surface area contributed by atoms with Gasteiger partial charge in [-0.2, -0.15) is 4.98 Å². The maximum Gasteiger partial charge on any atom is 0.223 e. The topological polar surface area (TPSA) is 94.0 Å². The molecule has 6 nitrogen and oxygen atoms in total. The van der Waals surface area contributed by atoms with Crippen LogP contribution in [0.25, 0.3) is 0 Å². The molecule has 0 saturated carbocycles. The Morgan fingerprint density at radius 1 is 1.55 bits per heavy atom. The smallest absolute Gasteiger partial charge is 0.223 e. The van der Waals surface area contributed by atoms with Crippen LogP contribution in [-0.2, 0) is 6.54 Å². The molecule has 0 radical (unpaired) electrons. The van der Waals surface area contributed by atoms with Crippen LogP contribution in [0.15, 0.2) is 9.42 Å². The summed E-state index contributed by atoms with van der Waals surface area (Å²) in [7, 11) is 0. The lowest BCUT2D eigenvalue weighted by molar-refractivity contribution is 0.0992. The van der Waals surface area contributed by atoms with Gasteiger partial charge in [-0.15, -0.1) is 23.1 Å². The summed E-state index contributed by atoms with van der Waals surface area (Å²) >= 11 is 2.89. The summed E-state index contributed by atoms with van der Waals surface area (Å²) in [5.41, 5.74) is 6.60. The molecular formula is C12H16N4O2S2. The Kier molecular flexibility index (Phi) is 4.66. The second-order valence-electron chi connectivity index (χ2n) is 4.07. The number of ketones is 1. The second-order valence-corrected chi connectivity index (χ2v) is 5.90. The fourth-order valence-corrected chi connectivity index (χ4v) is 3.73. The average molecular weight is 312 g/mol. The number of aromatic nitrogens is 2. The normalized spacial score (nSPS) is 10.8. The van der Waals surface area contributed by atoms with E-state index in [2.05, 4.69) is 15.5 Å². The first-order valence-electron chi connectivity index (χ1n) is 6.09. The van der Waals surface area contributed by atoms with Crippen molar-refractivity contribution in [3.05, 3.63) is 16.6 Å². The predicted molar refractivity (Wildman–Crippen MR) is 81.5 cm³/mol. The molecule has 2 rings (SSSR count). The number of rotatable bonds is 6. The highest BCUT2D eigenvalue weighted by Crippen LogP contribution is 2.42. The third-order valence-electron chi connectivity index (χ3n) is 2.65. The van der Waals surface area contributed by atoms with Gasteiger partial charge < -0.3 is 15.6 Å². The molecule has 0 amide bonds. The van der Waals surface area contributed by atoms with E-state index >= 15 is 0 Å². The summed E-state index contributed by atoms with van der Waals surface area (Å²) in [6.07, 6.45) is 2.38. The molecule has 2 aromatic heterocycles. The first-order valence-corrected chi connectivity index (χ1v) is 8.13. The van der Waals surface area contributed by atoms with Crippen LogP contribution in [0.3, 0.4) is 0 Å². The lowest BCUT2D eigenvalue weighted by atomic mass is 10.2. The predicted octanol–water partition coefficient (Wildman–Crippen LogP) is 2.95. The summed E-state index contributed by atoms with van der Waals surface area (Å²) in [5, 5.41) is 7.90. The molecule has 2 heterocycles. The maximum atomic E-state index is 11.8. The molecule has 0 atom stereocenters. The molecule has 0 aliphatic heterocycles. The highest BCUT2D eigenvalue weighted by Gasteiger charge is 2.19. The van der Waals surface area contributed by atoms with E-state index in [1.54, 1.807) is 6.92 Å². The van der Waals surface area contributed by atoms with E-state index in [9.17, 15) is 4.79 Å². The van der Waals surface area contributed by atoms with Gasteiger partial charge in [0.05, 0.1) is 22.0 Å². The van der Waals surface area contributed by atoms with Crippen molar-refractivity contribution in [3.63, 3.8) is 0 Å². The van der Waals surface area contributed by atoms with E-state index in [0.717, 1.165) is 9.90 Å². The Bertz CT molecular complexity index is 621. The highest BCUT2D eigenvalue weighted by atomic mass is 32.2. The fourth-order valence-electron chi connectivity index (χ4n) is 1.69. The number of aryl methyl sites for hydroxylation is 1. The van der Waals surface area contributed by atoms with Crippen LogP contribution in [-0.4, -0.2) is 22.2 Å². The minimum atomic E-state index is 0.0613. The number of nitrogens with zero attached hydrogens (tertiary/aromatic N) is 2. The Balaban J connectivity index is 2.20. The van der Waals surface area contributed by atoms with E-state index in [-0.39, 0.29) is 5.78 Å². The minimum Gasteiger partial charge on any atom is -0.396 e. The van der Waals surface area contributed by atoms with E-state index in [4.69, 9.17) is 10.3 Å². The van der Waals surface area contributed by atoms with Crippen LogP contribution in [0.1, 0.15) is 34.7 Å². The van der Waals surface area contributed by atoms with Crippen LogP contribution in [0, 0.1) is 6.92 Å². The number of thiophene rings is 1. The Hall–Kier alpha value is -1.54. The van der Waals surface area contributed by atoms with Gasteiger partial charge in [-0.25, -0.2) is 0 Å². The van der Waals surface area contributed by atoms with Gasteiger partial charge in [0.1, 0.15) is 5.00 Å². The molecule has 0 bridgehead atoms. The monoisotopic (exact) mass is 312 g/mol. The van der Waals surface area contributed by atoms with Crippen molar-refractivity contribution in [2.45, 2.75) is 31.7 Å². The van der Waals surface area contributed by atoms with Crippen LogP contribution in [0.5, 0.6) is 0 Å². The lowest BCUT2D eigenvalue weighted by Crippen LogP contribution is -2.00. The third-order valence-corrected chi connectivity index (χ3v) is 4.82. The first-order chi connectivity index (χ1) is 9.56. The number of Topliss-reactive ketones (excluding diaryl/α,β-unsaturated/α-hetero) is 1. The van der Waals surface area contributed by atoms with Crippen molar-refractivity contribution in [1.29, 1.82) is 0 Å².